The molecule has 0 bridgehead atoms. The van der Waals surface area contributed by atoms with E-state index in [4.69, 9.17) is 0 Å². The van der Waals surface area contributed by atoms with Crippen molar-refractivity contribution in [2.24, 2.45) is 5.92 Å². The number of rotatable bonds is 2. The Morgan fingerprint density at radius 3 is 2.43 bits per heavy atom. The second-order valence-corrected chi connectivity index (χ2v) is 6.90. The predicted octanol–water partition coefficient (Wildman–Crippen LogP) is 0.161. The lowest BCUT2D eigenvalue weighted by molar-refractivity contribution is -0.125. The molecular weight excluding hydrogens is 306 g/mol. The van der Waals surface area contributed by atoms with Crippen molar-refractivity contribution in [2.75, 3.05) is 11.5 Å². The molecule has 1 aromatic rings. The lowest BCUT2D eigenvalue weighted by Gasteiger charge is -2.10. The fourth-order valence-corrected chi connectivity index (χ4v) is 3.67. The van der Waals surface area contributed by atoms with Crippen molar-refractivity contribution in [3.63, 3.8) is 0 Å². The number of halogens is 2. The third kappa shape index (κ3) is 3.75. The van der Waals surface area contributed by atoms with Gasteiger partial charge in [0, 0.05) is 5.56 Å². The van der Waals surface area contributed by atoms with Crippen LogP contribution in [0.25, 0.3) is 0 Å². The molecule has 1 atom stereocenters. The van der Waals surface area contributed by atoms with Crippen LogP contribution >= 0.6 is 0 Å². The van der Waals surface area contributed by atoms with E-state index in [0.29, 0.717) is 6.07 Å². The van der Waals surface area contributed by atoms with E-state index >= 15 is 0 Å². The number of sulfone groups is 1. The van der Waals surface area contributed by atoms with Gasteiger partial charge < -0.3 is 0 Å². The van der Waals surface area contributed by atoms with Gasteiger partial charge in [-0.1, -0.05) is 0 Å². The van der Waals surface area contributed by atoms with Gasteiger partial charge in [0.25, 0.3) is 5.91 Å². The minimum atomic E-state index is -3.21. The Morgan fingerprint density at radius 2 is 1.86 bits per heavy atom. The summed E-state index contributed by atoms with van der Waals surface area (Å²) in [6.07, 6.45) is 0.190. The maximum Gasteiger partial charge on any atom is 0.269 e. The van der Waals surface area contributed by atoms with Gasteiger partial charge in [0.2, 0.25) is 5.91 Å². The summed E-state index contributed by atoms with van der Waals surface area (Å²) < 4.78 is 48.1. The summed E-state index contributed by atoms with van der Waals surface area (Å²) in [4.78, 5) is 23.3. The van der Waals surface area contributed by atoms with Crippen LogP contribution in [-0.4, -0.2) is 31.7 Å². The van der Waals surface area contributed by atoms with E-state index in [-0.39, 0.29) is 23.5 Å². The first-order valence-corrected chi connectivity index (χ1v) is 7.86. The highest BCUT2D eigenvalue weighted by atomic mass is 32.2. The van der Waals surface area contributed by atoms with Crippen molar-refractivity contribution in [2.45, 2.75) is 6.42 Å². The Morgan fingerprint density at radius 1 is 1.14 bits per heavy atom. The summed E-state index contributed by atoms with van der Waals surface area (Å²) in [5.41, 5.74) is 3.93. The highest BCUT2D eigenvalue weighted by Gasteiger charge is 2.33. The largest absolute Gasteiger partial charge is 0.273 e. The summed E-state index contributed by atoms with van der Waals surface area (Å²) in [6, 6.07) is 2.53. The molecule has 0 saturated carbocycles. The van der Waals surface area contributed by atoms with E-state index in [0.717, 1.165) is 12.1 Å². The number of amides is 2. The van der Waals surface area contributed by atoms with Gasteiger partial charge in [-0.05, 0) is 24.6 Å². The topological polar surface area (TPSA) is 92.3 Å². The molecule has 0 radical (unpaired) electrons. The lowest BCUT2D eigenvalue weighted by Crippen LogP contribution is -2.44. The van der Waals surface area contributed by atoms with Gasteiger partial charge in [-0.15, -0.1) is 0 Å². The van der Waals surface area contributed by atoms with Crippen molar-refractivity contribution in [3.8, 4) is 0 Å². The average molecular weight is 318 g/mol. The molecular formula is C12H12F2N2O4S. The molecule has 1 aromatic carbocycles. The first-order valence-electron chi connectivity index (χ1n) is 6.04. The molecule has 1 aliphatic heterocycles. The van der Waals surface area contributed by atoms with Crippen LogP contribution in [0.5, 0.6) is 0 Å². The van der Waals surface area contributed by atoms with Crippen LogP contribution in [0.15, 0.2) is 18.2 Å². The zero-order valence-electron chi connectivity index (χ0n) is 10.7. The molecule has 0 spiro atoms. The third-order valence-corrected chi connectivity index (χ3v) is 4.85. The number of hydrazine groups is 1. The fourth-order valence-electron chi connectivity index (χ4n) is 1.93. The second kappa shape index (κ2) is 5.76. The van der Waals surface area contributed by atoms with E-state index in [1.165, 1.54) is 0 Å². The lowest BCUT2D eigenvalue weighted by atomic mass is 10.1. The van der Waals surface area contributed by atoms with E-state index in [9.17, 15) is 26.8 Å². The van der Waals surface area contributed by atoms with Crippen molar-refractivity contribution in [3.05, 3.63) is 35.4 Å². The summed E-state index contributed by atoms with van der Waals surface area (Å²) in [6.45, 7) is 0. The Labute approximate surface area is 119 Å². The molecule has 2 amide bonds. The number of nitrogens with one attached hydrogen (secondary N) is 2. The average Bonchev–Trinajstić information content (AvgIpc) is 2.79. The minimum Gasteiger partial charge on any atom is -0.273 e. The quantitative estimate of drug-likeness (QED) is 0.760. The standard InChI is InChI=1S/C12H12F2N2O4S/c13-9-2-1-7(5-10(9)14)11(17)15-16-12(18)8-3-4-21(19,20)6-8/h1-2,5,8H,3-4,6H2,(H,15,17)(H,16,18)/t8-/m0/s1. The smallest absolute Gasteiger partial charge is 0.269 e. The van der Waals surface area contributed by atoms with Gasteiger partial charge in [0.15, 0.2) is 21.5 Å². The molecule has 1 fully saturated rings. The third-order valence-electron chi connectivity index (χ3n) is 3.08. The van der Waals surface area contributed by atoms with E-state index in [1.807, 2.05) is 5.43 Å². The van der Waals surface area contributed by atoms with Crippen LogP contribution in [0.2, 0.25) is 0 Å². The molecule has 0 aromatic heterocycles. The molecule has 6 nitrogen and oxygen atoms in total. The number of carbonyl (C=O) groups excluding carboxylic acids is 2. The minimum absolute atomic E-state index is 0.0673. The zero-order valence-corrected chi connectivity index (χ0v) is 11.5. The van der Waals surface area contributed by atoms with E-state index < -0.39 is 39.2 Å². The maximum absolute atomic E-state index is 13.0. The Hall–Kier alpha value is -2.03. The predicted molar refractivity (Wildman–Crippen MR) is 68.7 cm³/mol. The molecule has 2 rings (SSSR count). The number of carbonyl (C=O) groups is 2. The van der Waals surface area contributed by atoms with Gasteiger partial charge in [0.05, 0.1) is 17.4 Å². The SMILES string of the molecule is O=C(NNC(=O)[C@H]1CCS(=O)(=O)C1)c1ccc(F)c(F)c1. The van der Waals surface area contributed by atoms with Crippen LogP contribution < -0.4 is 10.9 Å². The molecule has 1 saturated heterocycles. The second-order valence-electron chi connectivity index (χ2n) is 4.67. The fraction of sp³-hybridized carbons (Fsp3) is 0.333. The zero-order chi connectivity index (χ0) is 15.6. The van der Waals surface area contributed by atoms with Crippen LogP contribution in [0.1, 0.15) is 16.8 Å². The van der Waals surface area contributed by atoms with Crippen LogP contribution in [0, 0.1) is 17.6 Å². The molecule has 0 aliphatic carbocycles. The van der Waals surface area contributed by atoms with E-state index in [2.05, 4.69) is 5.43 Å². The Balaban J connectivity index is 1.92. The molecule has 1 aliphatic rings. The Bertz CT molecular complexity index is 690. The van der Waals surface area contributed by atoms with Gasteiger partial charge in [-0.25, -0.2) is 17.2 Å². The molecule has 0 unspecified atom stereocenters. The van der Waals surface area contributed by atoms with E-state index in [1.54, 1.807) is 0 Å². The highest BCUT2D eigenvalue weighted by molar-refractivity contribution is 7.91. The van der Waals surface area contributed by atoms with Crippen molar-refractivity contribution in [1.29, 1.82) is 0 Å². The highest BCUT2D eigenvalue weighted by Crippen LogP contribution is 2.18. The first kappa shape index (κ1) is 15.4. The monoisotopic (exact) mass is 318 g/mol. The van der Waals surface area contributed by atoms with Crippen LogP contribution in [0.4, 0.5) is 8.78 Å². The number of hydrogen-bond acceptors (Lipinski definition) is 4. The van der Waals surface area contributed by atoms with Crippen molar-refractivity contribution >= 4 is 21.7 Å². The van der Waals surface area contributed by atoms with Crippen LogP contribution in [0.3, 0.4) is 0 Å². The van der Waals surface area contributed by atoms with Gasteiger partial charge in [0.1, 0.15) is 0 Å². The maximum atomic E-state index is 13.0. The molecule has 21 heavy (non-hydrogen) atoms. The molecule has 1 heterocycles. The van der Waals surface area contributed by atoms with Gasteiger partial charge >= 0.3 is 0 Å². The summed E-state index contributed by atoms with van der Waals surface area (Å²) in [5.74, 6) is -4.79. The van der Waals surface area contributed by atoms with Crippen molar-refractivity contribution in [1.82, 2.24) is 10.9 Å². The number of benzene rings is 1. The molecule has 9 heteroatoms. The summed E-state index contributed by atoms with van der Waals surface area (Å²) in [7, 11) is -3.21. The van der Waals surface area contributed by atoms with Gasteiger partial charge in [-0.2, -0.15) is 0 Å². The summed E-state index contributed by atoms with van der Waals surface area (Å²) in [5, 5.41) is 0. The summed E-state index contributed by atoms with van der Waals surface area (Å²) >= 11 is 0. The Kier molecular flexibility index (Phi) is 4.21. The molecule has 114 valence electrons. The van der Waals surface area contributed by atoms with Crippen LogP contribution in [-0.2, 0) is 14.6 Å². The number of hydrogen-bond donors (Lipinski definition) is 2. The van der Waals surface area contributed by atoms with Crippen molar-refractivity contribution < 1.29 is 26.8 Å². The first-order chi connectivity index (χ1) is 9.78. The molecule has 2 N–H and O–H groups in total. The normalized spacial score (nSPS) is 20.0. The van der Waals surface area contributed by atoms with Gasteiger partial charge in [-0.3, -0.25) is 20.4 Å².